The molecule has 0 aliphatic rings. The molecule has 0 amide bonds. The Labute approximate surface area is 96.0 Å². The largest absolute Gasteiger partial charge is 0.468 e. The quantitative estimate of drug-likeness (QED) is 0.777. The fourth-order valence-electron chi connectivity index (χ4n) is 1.51. The number of aryl methyl sites for hydroxylation is 1. The molecule has 0 spiro atoms. The molecular weight excluding hydrogens is 206 g/mol. The summed E-state index contributed by atoms with van der Waals surface area (Å²) in [5, 5.41) is 3.14. The Kier molecular flexibility index (Phi) is 4.55. The first kappa shape index (κ1) is 12.8. The molecule has 1 atom stereocenters. The van der Waals surface area contributed by atoms with E-state index in [1.165, 1.54) is 7.11 Å². The van der Waals surface area contributed by atoms with E-state index in [1.807, 2.05) is 26.8 Å². The summed E-state index contributed by atoms with van der Waals surface area (Å²) in [6.07, 6.45) is 1.65. The van der Waals surface area contributed by atoms with Crippen molar-refractivity contribution < 1.29 is 13.9 Å². The van der Waals surface area contributed by atoms with Gasteiger partial charge in [0.2, 0.25) is 0 Å². The number of hydrogen-bond donors (Lipinski definition) is 1. The van der Waals surface area contributed by atoms with Gasteiger partial charge in [-0.05, 0) is 24.5 Å². The summed E-state index contributed by atoms with van der Waals surface area (Å²) >= 11 is 0. The Morgan fingerprint density at radius 3 is 2.69 bits per heavy atom. The van der Waals surface area contributed by atoms with E-state index in [9.17, 15) is 4.79 Å². The van der Waals surface area contributed by atoms with Crippen LogP contribution in [-0.2, 0) is 16.1 Å². The molecule has 4 heteroatoms. The smallest absolute Gasteiger partial charge is 0.323 e. The van der Waals surface area contributed by atoms with E-state index in [-0.39, 0.29) is 17.9 Å². The molecule has 0 bridgehead atoms. The van der Waals surface area contributed by atoms with E-state index in [4.69, 9.17) is 9.15 Å². The average Bonchev–Trinajstić information content (AvgIpc) is 2.64. The highest BCUT2D eigenvalue weighted by atomic mass is 16.5. The van der Waals surface area contributed by atoms with Crippen LogP contribution in [0.3, 0.4) is 0 Å². The van der Waals surface area contributed by atoms with Gasteiger partial charge in [-0.25, -0.2) is 0 Å². The third kappa shape index (κ3) is 3.10. The van der Waals surface area contributed by atoms with Crippen molar-refractivity contribution in [1.82, 2.24) is 5.32 Å². The van der Waals surface area contributed by atoms with Gasteiger partial charge in [0.15, 0.2) is 0 Å². The van der Waals surface area contributed by atoms with Gasteiger partial charge in [-0.3, -0.25) is 10.1 Å². The number of carbonyl (C=O) groups is 1. The minimum atomic E-state index is -0.297. The van der Waals surface area contributed by atoms with E-state index >= 15 is 0 Å². The Morgan fingerprint density at radius 2 is 2.25 bits per heavy atom. The lowest BCUT2D eigenvalue weighted by molar-refractivity contribution is -0.144. The van der Waals surface area contributed by atoms with Crippen molar-refractivity contribution in [3.8, 4) is 0 Å². The second-order valence-corrected chi connectivity index (χ2v) is 4.15. The topological polar surface area (TPSA) is 51.5 Å². The van der Waals surface area contributed by atoms with Gasteiger partial charge in [-0.2, -0.15) is 0 Å². The normalized spacial score (nSPS) is 12.8. The summed E-state index contributed by atoms with van der Waals surface area (Å²) < 4.78 is 10.0. The maximum absolute atomic E-state index is 11.5. The molecule has 0 saturated heterocycles. The summed E-state index contributed by atoms with van der Waals surface area (Å²) in [5.74, 6) is 0.802. The van der Waals surface area contributed by atoms with Crippen molar-refractivity contribution in [2.45, 2.75) is 33.4 Å². The van der Waals surface area contributed by atoms with Gasteiger partial charge in [0.25, 0.3) is 0 Å². The van der Waals surface area contributed by atoms with Crippen molar-refractivity contribution in [3.05, 3.63) is 23.7 Å². The number of nitrogens with one attached hydrogen (secondary N) is 1. The third-order valence-electron chi connectivity index (χ3n) is 2.57. The van der Waals surface area contributed by atoms with Crippen molar-refractivity contribution in [2.75, 3.05) is 7.11 Å². The number of furan rings is 1. The average molecular weight is 225 g/mol. The second-order valence-electron chi connectivity index (χ2n) is 4.15. The van der Waals surface area contributed by atoms with E-state index in [0.29, 0.717) is 6.54 Å². The van der Waals surface area contributed by atoms with E-state index in [0.717, 1.165) is 11.3 Å². The molecule has 1 heterocycles. The van der Waals surface area contributed by atoms with Gasteiger partial charge in [-0.1, -0.05) is 13.8 Å². The molecule has 0 unspecified atom stereocenters. The molecule has 1 aromatic heterocycles. The van der Waals surface area contributed by atoms with Gasteiger partial charge in [0, 0.05) is 0 Å². The van der Waals surface area contributed by atoms with Crippen LogP contribution in [0.1, 0.15) is 25.2 Å². The van der Waals surface area contributed by atoms with Gasteiger partial charge < -0.3 is 9.15 Å². The van der Waals surface area contributed by atoms with Crippen molar-refractivity contribution in [3.63, 3.8) is 0 Å². The Hall–Kier alpha value is -1.29. The van der Waals surface area contributed by atoms with E-state index in [2.05, 4.69) is 5.32 Å². The number of esters is 1. The minimum absolute atomic E-state index is 0.183. The number of carbonyl (C=O) groups excluding carboxylic acids is 1. The fraction of sp³-hybridized carbons (Fsp3) is 0.583. The molecule has 16 heavy (non-hydrogen) atoms. The van der Waals surface area contributed by atoms with Crippen molar-refractivity contribution in [2.24, 2.45) is 5.92 Å². The SMILES string of the molecule is COC(=O)[C@@H](NCc1occc1C)C(C)C. The highest BCUT2D eigenvalue weighted by Gasteiger charge is 2.22. The number of methoxy groups -OCH3 is 1. The minimum Gasteiger partial charge on any atom is -0.468 e. The van der Waals surface area contributed by atoms with Crippen LogP contribution in [-0.4, -0.2) is 19.1 Å². The number of rotatable bonds is 5. The third-order valence-corrected chi connectivity index (χ3v) is 2.57. The molecule has 1 aromatic rings. The van der Waals surface area contributed by atoms with Crippen molar-refractivity contribution >= 4 is 5.97 Å². The molecule has 0 fully saturated rings. The van der Waals surface area contributed by atoms with Gasteiger partial charge in [0.1, 0.15) is 11.8 Å². The van der Waals surface area contributed by atoms with Gasteiger partial charge >= 0.3 is 5.97 Å². The highest BCUT2D eigenvalue weighted by Crippen LogP contribution is 2.10. The zero-order valence-electron chi connectivity index (χ0n) is 10.2. The monoisotopic (exact) mass is 225 g/mol. The van der Waals surface area contributed by atoms with Crippen LogP contribution in [0.25, 0.3) is 0 Å². The Morgan fingerprint density at radius 1 is 1.56 bits per heavy atom. The first-order chi connectivity index (χ1) is 7.56. The van der Waals surface area contributed by atoms with E-state index < -0.39 is 0 Å². The second kappa shape index (κ2) is 5.70. The maximum atomic E-state index is 11.5. The molecule has 90 valence electrons. The first-order valence-electron chi connectivity index (χ1n) is 5.40. The molecule has 0 aliphatic carbocycles. The molecule has 1 N–H and O–H groups in total. The predicted octanol–water partition coefficient (Wildman–Crippen LogP) is 1.88. The molecule has 1 rings (SSSR count). The fourth-order valence-corrected chi connectivity index (χ4v) is 1.51. The Bertz CT molecular complexity index is 344. The lowest BCUT2D eigenvalue weighted by Crippen LogP contribution is -2.41. The van der Waals surface area contributed by atoms with Crippen LogP contribution in [0.2, 0.25) is 0 Å². The summed E-state index contributed by atoms with van der Waals surface area (Å²) in [5.41, 5.74) is 1.08. The first-order valence-corrected chi connectivity index (χ1v) is 5.40. The lowest BCUT2D eigenvalue weighted by Gasteiger charge is -2.19. The van der Waals surface area contributed by atoms with Gasteiger partial charge in [0.05, 0.1) is 19.9 Å². The zero-order valence-corrected chi connectivity index (χ0v) is 10.2. The summed E-state index contributed by atoms with van der Waals surface area (Å²) in [7, 11) is 1.40. The van der Waals surface area contributed by atoms with E-state index in [1.54, 1.807) is 6.26 Å². The maximum Gasteiger partial charge on any atom is 0.323 e. The van der Waals surface area contributed by atoms with Gasteiger partial charge in [-0.15, -0.1) is 0 Å². The van der Waals surface area contributed by atoms with Crippen LogP contribution in [0, 0.1) is 12.8 Å². The standard InChI is InChI=1S/C12H19NO3/c1-8(2)11(12(14)15-4)13-7-10-9(3)5-6-16-10/h5-6,8,11,13H,7H2,1-4H3/t11-/m0/s1. The molecule has 0 radical (unpaired) electrons. The molecular formula is C12H19NO3. The predicted molar refractivity (Wildman–Crippen MR) is 60.9 cm³/mol. The zero-order chi connectivity index (χ0) is 12.1. The molecule has 0 saturated carbocycles. The van der Waals surface area contributed by atoms with Crippen LogP contribution in [0.4, 0.5) is 0 Å². The van der Waals surface area contributed by atoms with Crippen molar-refractivity contribution in [1.29, 1.82) is 0 Å². The number of ether oxygens (including phenoxy) is 1. The van der Waals surface area contributed by atoms with Crippen LogP contribution in [0.15, 0.2) is 16.7 Å². The number of hydrogen-bond acceptors (Lipinski definition) is 4. The Balaban J connectivity index is 2.57. The van der Waals surface area contributed by atoms with Crippen LogP contribution in [0.5, 0.6) is 0 Å². The summed E-state index contributed by atoms with van der Waals surface area (Å²) in [6, 6.07) is 1.61. The summed E-state index contributed by atoms with van der Waals surface area (Å²) in [6.45, 7) is 6.47. The lowest BCUT2D eigenvalue weighted by atomic mass is 10.0. The molecule has 0 aromatic carbocycles. The van der Waals surface area contributed by atoms with Crippen LogP contribution >= 0.6 is 0 Å². The highest BCUT2D eigenvalue weighted by molar-refractivity contribution is 5.75. The van der Waals surface area contributed by atoms with Crippen LogP contribution < -0.4 is 5.32 Å². The molecule has 0 aliphatic heterocycles. The molecule has 4 nitrogen and oxygen atoms in total. The summed E-state index contributed by atoms with van der Waals surface area (Å²) in [4.78, 5) is 11.5.